The summed E-state index contributed by atoms with van der Waals surface area (Å²) in [5.41, 5.74) is 1.77. The van der Waals surface area contributed by atoms with Crippen molar-refractivity contribution in [2.24, 2.45) is 5.92 Å². The molecule has 7 heteroatoms. The molecule has 0 aromatic heterocycles. The minimum atomic E-state index is -0.0398. The van der Waals surface area contributed by atoms with Gasteiger partial charge in [0.2, 0.25) is 5.91 Å². The largest absolute Gasteiger partial charge is 0.352 e. The molecule has 3 rings (SSSR count). The van der Waals surface area contributed by atoms with E-state index in [9.17, 15) is 9.59 Å². The van der Waals surface area contributed by atoms with Crippen LogP contribution < -0.4 is 16.0 Å². The lowest BCUT2D eigenvalue weighted by Gasteiger charge is -2.22. The van der Waals surface area contributed by atoms with Crippen LogP contribution in [0.3, 0.4) is 0 Å². The molecule has 3 N–H and O–H groups in total. The molecule has 2 aliphatic rings. The third-order valence-corrected chi connectivity index (χ3v) is 4.71. The lowest BCUT2D eigenvalue weighted by molar-refractivity contribution is -0.125. The van der Waals surface area contributed by atoms with Crippen molar-refractivity contribution < 1.29 is 9.59 Å². The molecule has 0 aliphatic carbocycles. The Morgan fingerprint density at radius 1 is 1.20 bits per heavy atom. The summed E-state index contributed by atoms with van der Waals surface area (Å²) in [4.78, 5) is 26.2. The van der Waals surface area contributed by atoms with E-state index in [0.29, 0.717) is 6.54 Å². The fraction of sp³-hybridized carbons (Fsp3) is 0.556. The first kappa shape index (κ1) is 19.5. The number of amides is 3. The van der Waals surface area contributed by atoms with Gasteiger partial charge in [-0.1, -0.05) is 12.1 Å². The maximum Gasteiger partial charge on any atom is 0.321 e. The van der Waals surface area contributed by atoms with Gasteiger partial charge in [-0.2, -0.15) is 0 Å². The van der Waals surface area contributed by atoms with Gasteiger partial charge in [-0.05, 0) is 49.9 Å². The second kappa shape index (κ2) is 9.63. The molecule has 0 bridgehead atoms. The molecule has 0 radical (unpaired) electrons. The molecule has 1 aromatic carbocycles. The third-order valence-electron chi connectivity index (χ3n) is 4.71. The average Bonchev–Trinajstić information content (AvgIpc) is 3.15. The van der Waals surface area contributed by atoms with E-state index in [1.807, 2.05) is 29.2 Å². The van der Waals surface area contributed by atoms with E-state index in [4.69, 9.17) is 0 Å². The fourth-order valence-corrected chi connectivity index (χ4v) is 3.29. The standard InChI is InChI=1S/C18H26N4O2.ClH/c23-17(15-6-4-8-19-13-15)20-12-14-5-3-7-16(11-14)21-18(24)22-9-1-2-10-22;/h3,5,7,11,15,19H,1-2,4,6,8-10,12-13H2,(H,20,23)(H,21,24);1H. The van der Waals surface area contributed by atoms with Gasteiger partial charge in [-0.15, -0.1) is 12.4 Å². The molecule has 2 fully saturated rings. The SMILES string of the molecule is Cl.O=C(NCc1cccc(NC(=O)N2CCCC2)c1)C1CCCNC1. The van der Waals surface area contributed by atoms with Gasteiger partial charge in [-0.25, -0.2) is 4.79 Å². The molecule has 0 saturated carbocycles. The number of benzene rings is 1. The van der Waals surface area contributed by atoms with Gasteiger partial charge in [0.15, 0.2) is 0 Å². The van der Waals surface area contributed by atoms with Crippen LogP contribution >= 0.6 is 12.4 Å². The number of hydrogen-bond acceptors (Lipinski definition) is 3. The number of urea groups is 1. The predicted octanol–water partition coefficient (Wildman–Crippen LogP) is 2.35. The van der Waals surface area contributed by atoms with Crippen LogP contribution in [0.2, 0.25) is 0 Å². The molecule has 6 nitrogen and oxygen atoms in total. The van der Waals surface area contributed by atoms with E-state index in [1.54, 1.807) is 0 Å². The van der Waals surface area contributed by atoms with Crippen molar-refractivity contribution in [2.45, 2.75) is 32.2 Å². The van der Waals surface area contributed by atoms with Crippen LogP contribution in [-0.4, -0.2) is 43.0 Å². The molecule has 1 unspecified atom stereocenters. The molecule has 2 heterocycles. The Kier molecular flexibility index (Phi) is 7.52. The lowest BCUT2D eigenvalue weighted by Crippen LogP contribution is -2.40. The first-order valence-corrected chi connectivity index (χ1v) is 8.86. The Balaban J connectivity index is 0.00000225. The zero-order valence-electron chi connectivity index (χ0n) is 14.4. The van der Waals surface area contributed by atoms with E-state index in [0.717, 1.165) is 63.1 Å². The highest BCUT2D eigenvalue weighted by molar-refractivity contribution is 5.89. The Labute approximate surface area is 155 Å². The van der Waals surface area contributed by atoms with Gasteiger partial charge in [-0.3, -0.25) is 4.79 Å². The number of anilines is 1. The quantitative estimate of drug-likeness (QED) is 0.765. The van der Waals surface area contributed by atoms with Crippen molar-refractivity contribution >= 4 is 30.0 Å². The summed E-state index contributed by atoms with van der Waals surface area (Å²) in [5.74, 6) is 0.172. The van der Waals surface area contributed by atoms with E-state index in [1.165, 1.54) is 0 Å². The number of carbonyl (C=O) groups excluding carboxylic acids is 2. The van der Waals surface area contributed by atoms with Gasteiger partial charge < -0.3 is 20.9 Å². The predicted molar refractivity (Wildman–Crippen MR) is 101 cm³/mol. The van der Waals surface area contributed by atoms with Crippen molar-refractivity contribution in [3.05, 3.63) is 29.8 Å². The molecule has 3 amide bonds. The Hall–Kier alpha value is -1.79. The van der Waals surface area contributed by atoms with Crippen LogP contribution in [0.25, 0.3) is 0 Å². The molecule has 25 heavy (non-hydrogen) atoms. The zero-order valence-corrected chi connectivity index (χ0v) is 15.2. The molecule has 2 saturated heterocycles. The Bertz CT molecular complexity index is 584. The lowest BCUT2D eigenvalue weighted by atomic mass is 9.99. The summed E-state index contributed by atoms with van der Waals surface area (Å²) < 4.78 is 0. The molecule has 1 atom stereocenters. The number of nitrogens with one attached hydrogen (secondary N) is 3. The average molecular weight is 367 g/mol. The maximum atomic E-state index is 12.2. The number of halogens is 1. The van der Waals surface area contributed by atoms with Gasteiger partial charge in [0.1, 0.15) is 0 Å². The second-order valence-corrected chi connectivity index (χ2v) is 6.59. The highest BCUT2D eigenvalue weighted by atomic mass is 35.5. The van der Waals surface area contributed by atoms with Gasteiger partial charge in [0.25, 0.3) is 0 Å². The number of piperidine rings is 1. The topological polar surface area (TPSA) is 73.5 Å². The maximum absolute atomic E-state index is 12.2. The first-order chi connectivity index (χ1) is 11.7. The van der Waals surface area contributed by atoms with Gasteiger partial charge in [0, 0.05) is 31.9 Å². The van der Waals surface area contributed by atoms with Crippen LogP contribution in [0.4, 0.5) is 10.5 Å². The minimum Gasteiger partial charge on any atom is -0.352 e. The number of carbonyl (C=O) groups is 2. The summed E-state index contributed by atoms with van der Waals surface area (Å²) in [7, 11) is 0. The van der Waals surface area contributed by atoms with Crippen LogP contribution in [-0.2, 0) is 11.3 Å². The van der Waals surface area contributed by atoms with Crippen molar-refractivity contribution in [3.8, 4) is 0 Å². The second-order valence-electron chi connectivity index (χ2n) is 6.59. The molecule has 1 aromatic rings. The number of rotatable bonds is 4. The monoisotopic (exact) mass is 366 g/mol. The number of likely N-dealkylation sites (tertiary alicyclic amines) is 1. The number of nitrogens with zero attached hydrogens (tertiary/aromatic N) is 1. The van der Waals surface area contributed by atoms with Gasteiger partial charge in [0.05, 0.1) is 5.92 Å². The molecular weight excluding hydrogens is 340 g/mol. The normalized spacial score (nSPS) is 19.8. The van der Waals surface area contributed by atoms with E-state index in [2.05, 4.69) is 16.0 Å². The smallest absolute Gasteiger partial charge is 0.321 e. The summed E-state index contributed by atoms with van der Waals surface area (Å²) >= 11 is 0. The van der Waals surface area contributed by atoms with Crippen molar-refractivity contribution in [2.75, 3.05) is 31.5 Å². The molecular formula is C18H27ClN4O2. The first-order valence-electron chi connectivity index (χ1n) is 8.86. The highest BCUT2D eigenvalue weighted by Gasteiger charge is 2.20. The van der Waals surface area contributed by atoms with Crippen molar-refractivity contribution in [1.29, 1.82) is 0 Å². The Morgan fingerprint density at radius 3 is 2.72 bits per heavy atom. The molecule has 138 valence electrons. The zero-order chi connectivity index (χ0) is 16.8. The van der Waals surface area contributed by atoms with Crippen molar-refractivity contribution in [1.82, 2.24) is 15.5 Å². The minimum absolute atomic E-state index is 0. The summed E-state index contributed by atoms with van der Waals surface area (Å²) in [5, 5.41) is 9.20. The van der Waals surface area contributed by atoms with E-state index in [-0.39, 0.29) is 30.3 Å². The number of hydrogen-bond donors (Lipinski definition) is 3. The van der Waals surface area contributed by atoms with Crippen molar-refractivity contribution in [3.63, 3.8) is 0 Å². The molecule has 0 spiro atoms. The van der Waals surface area contributed by atoms with Crippen LogP contribution in [0.5, 0.6) is 0 Å². The van der Waals surface area contributed by atoms with Crippen LogP contribution in [0.15, 0.2) is 24.3 Å². The van der Waals surface area contributed by atoms with Crippen LogP contribution in [0.1, 0.15) is 31.2 Å². The molecule has 2 aliphatic heterocycles. The van der Waals surface area contributed by atoms with E-state index >= 15 is 0 Å². The van der Waals surface area contributed by atoms with Crippen LogP contribution in [0, 0.1) is 5.92 Å². The summed E-state index contributed by atoms with van der Waals surface area (Å²) in [6.45, 7) is 3.91. The third kappa shape index (κ3) is 5.61. The van der Waals surface area contributed by atoms with E-state index < -0.39 is 0 Å². The Morgan fingerprint density at radius 2 is 2.00 bits per heavy atom. The fourth-order valence-electron chi connectivity index (χ4n) is 3.29. The summed E-state index contributed by atoms with van der Waals surface area (Å²) in [6, 6.07) is 7.63. The van der Waals surface area contributed by atoms with Gasteiger partial charge >= 0.3 is 6.03 Å². The highest BCUT2D eigenvalue weighted by Crippen LogP contribution is 2.15. The summed E-state index contributed by atoms with van der Waals surface area (Å²) in [6.07, 6.45) is 4.16.